The van der Waals surface area contributed by atoms with Gasteiger partial charge in [-0.2, -0.15) is 0 Å². The lowest BCUT2D eigenvalue weighted by Gasteiger charge is -2.02. The Morgan fingerprint density at radius 1 is 1.22 bits per heavy atom. The van der Waals surface area contributed by atoms with Crippen LogP contribution < -0.4 is 5.56 Å². The van der Waals surface area contributed by atoms with Crippen LogP contribution in [0.25, 0.3) is 5.69 Å². The second-order valence-corrected chi connectivity index (χ2v) is 5.15. The molecule has 1 aromatic carbocycles. The quantitative estimate of drug-likeness (QED) is 0.538. The van der Waals surface area contributed by atoms with Crippen molar-refractivity contribution in [3.8, 4) is 5.69 Å². The molecule has 116 valence electrons. The van der Waals surface area contributed by atoms with Crippen LogP contribution >= 0.6 is 11.6 Å². The van der Waals surface area contributed by atoms with E-state index in [1.54, 1.807) is 30.5 Å². The van der Waals surface area contributed by atoms with E-state index >= 15 is 0 Å². The van der Waals surface area contributed by atoms with Gasteiger partial charge in [-0.15, -0.1) is 5.10 Å². The summed E-state index contributed by atoms with van der Waals surface area (Å²) in [5.74, 6) is 0. The van der Waals surface area contributed by atoms with E-state index < -0.39 is 16.2 Å². The molecule has 0 amide bonds. The molecule has 0 spiro atoms. The van der Waals surface area contributed by atoms with Gasteiger partial charge >= 0.3 is 11.2 Å². The van der Waals surface area contributed by atoms with E-state index in [-0.39, 0.29) is 6.54 Å². The van der Waals surface area contributed by atoms with Gasteiger partial charge in [-0.1, -0.05) is 16.8 Å². The molecule has 3 rings (SSSR count). The second-order valence-electron chi connectivity index (χ2n) is 4.71. The maximum Gasteiger partial charge on any atom is 0.334 e. The fourth-order valence-corrected chi connectivity index (χ4v) is 2.18. The summed E-state index contributed by atoms with van der Waals surface area (Å²) >= 11 is 5.83. The largest absolute Gasteiger partial charge is 0.334 e. The van der Waals surface area contributed by atoms with Crippen LogP contribution in [0, 0.1) is 10.1 Å². The molecule has 2 heterocycles. The van der Waals surface area contributed by atoms with Gasteiger partial charge in [0.15, 0.2) is 0 Å². The topological polar surface area (TPSA) is 95.8 Å². The fraction of sp³-hybridized carbons (Fsp3) is 0.0714. The minimum Gasteiger partial charge on any atom is -0.304 e. The Labute approximate surface area is 134 Å². The smallest absolute Gasteiger partial charge is 0.304 e. The highest BCUT2D eigenvalue weighted by molar-refractivity contribution is 6.30. The van der Waals surface area contributed by atoms with Gasteiger partial charge in [0, 0.05) is 17.3 Å². The van der Waals surface area contributed by atoms with Gasteiger partial charge in [0.1, 0.15) is 5.69 Å². The summed E-state index contributed by atoms with van der Waals surface area (Å²) in [6, 6.07) is 9.62. The van der Waals surface area contributed by atoms with E-state index in [1.165, 1.54) is 27.6 Å². The molecule has 0 fully saturated rings. The van der Waals surface area contributed by atoms with Crippen molar-refractivity contribution in [2.45, 2.75) is 6.54 Å². The van der Waals surface area contributed by atoms with Crippen LogP contribution in [0.15, 0.2) is 53.6 Å². The van der Waals surface area contributed by atoms with Crippen molar-refractivity contribution >= 4 is 17.3 Å². The molecule has 8 nitrogen and oxygen atoms in total. The SMILES string of the molecule is O=c1c([N+](=O)[O-])cccn1Cc1cn(-c2ccc(Cl)cc2)nn1. The molecule has 23 heavy (non-hydrogen) atoms. The first-order valence-electron chi connectivity index (χ1n) is 6.55. The van der Waals surface area contributed by atoms with Crippen molar-refractivity contribution in [2.75, 3.05) is 0 Å². The number of pyridine rings is 1. The van der Waals surface area contributed by atoms with E-state index in [9.17, 15) is 14.9 Å². The zero-order valence-electron chi connectivity index (χ0n) is 11.7. The monoisotopic (exact) mass is 331 g/mol. The van der Waals surface area contributed by atoms with Crippen LogP contribution in [-0.4, -0.2) is 24.5 Å². The molecule has 0 unspecified atom stereocenters. The number of nitro groups is 1. The van der Waals surface area contributed by atoms with Crippen molar-refractivity contribution in [1.29, 1.82) is 0 Å². The number of benzene rings is 1. The van der Waals surface area contributed by atoms with E-state index in [0.29, 0.717) is 10.7 Å². The Morgan fingerprint density at radius 2 is 1.96 bits per heavy atom. The molecule has 0 saturated carbocycles. The third-order valence-corrected chi connectivity index (χ3v) is 3.41. The second kappa shape index (κ2) is 6.01. The van der Waals surface area contributed by atoms with E-state index in [1.807, 2.05) is 0 Å². The summed E-state index contributed by atoms with van der Waals surface area (Å²) in [6.45, 7) is 0.0914. The van der Waals surface area contributed by atoms with Gasteiger partial charge in [0.25, 0.3) is 0 Å². The van der Waals surface area contributed by atoms with Gasteiger partial charge in [0.2, 0.25) is 0 Å². The highest BCUT2D eigenvalue weighted by Crippen LogP contribution is 2.13. The van der Waals surface area contributed by atoms with Crippen LogP contribution in [-0.2, 0) is 6.54 Å². The zero-order valence-corrected chi connectivity index (χ0v) is 12.4. The zero-order chi connectivity index (χ0) is 16.4. The third kappa shape index (κ3) is 3.11. The lowest BCUT2D eigenvalue weighted by atomic mass is 10.3. The summed E-state index contributed by atoms with van der Waals surface area (Å²) in [4.78, 5) is 22.1. The molecule has 0 bridgehead atoms. The number of hydrogen-bond acceptors (Lipinski definition) is 5. The predicted molar refractivity (Wildman–Crippen MR) is 82.8 cm³/mol. The highest BCUT2D eigenvalue weighted by Gasteiger charge is 2.14. The molecule has 3 aromatic rings. The maximum atomic E-state index is 12.0. The van der Waals surface area contributed by atoms with Crippen LogP contribution in [0.5, 0.6) is 0 Å². The minimum absolute atomic E-state index is 0.0914. The maximum absolute atomic E-state index is 12.0. The molecule has 2 aromatic heterocycles. The fourth-order valence-electron chi connectivity index (χ4n) is 2.05. The lowest BCUT2D eigenvalue weighted by Crippen LogP contribution is -2.22. The molecule has 0 aliphatic heterocycles. The average Bonchev–Trinajstić information content (AvgIpc) is 2.98. The van der Waals surface area contributed by atoms with Gasteiger partial charge in [0.05, 0.1) is 23.4 Å². The Hall–Kier alpha value is -3.00. The van der Waals surface area contributed by atoms with E-state index in [0.717, 1.165) is 5.69 Å². The van der Waals surface area contributed by atoms with Crippen molar-refractivity contribution in [1.82, 2.24) is 19.6 Å². The molecule has 0 aliphatic rings. The number of hydrogen-bond donors (Lipinski definition) is 0. The van der Waals surface area contributed by atoms with Gasteiger partial charge < -0.3 is 4.57 Å². The summed E-state index contributed by atoms with van der Waals surface area (Å²) in [7, 11) is 0. The summed E-state index contributed by atoms with van der Waals surface area (Å²) in [6.07, 6.45) is 3.12. The van der Waals surface area contributed by atoms with Gasteiger partial charge in [-0.25, -0.2) is 4.68 Å². The molecule has 0 radical (unpaired) electrons. The summed E-state index contributed by atoms with van der Waals surface area (Å²) in [5.41, 5.74) is 0.109. The molecule has 9 heteroatoms. The van der Waals surface area contributed by atoms with Gasteiger partial charge in [-0.05, 0) is 30.3 Å². The first-order chi connectivity index (χ1) is 11.0. The van der Waals surface area contributed by atoms with Crippen molar-refractivity contribution < 1.29 is 4.92 Å². The van der Waals surface area contributed by atoms with Crippen LogP contribution in [0.2, 0.25) is 5.02 Å². The molecule has 0 N–H and O–H groups in total. The number of rotatable bonds is 4. The average molecular weight is 332 g/mol. The third-order valence-electron chi connectivity index (χ3n) is 3.16. The summed E-state index contributed by atoms with van der Waals surface area (Å²) < 4.78 is 2.75. The Bertz CT molecular complexity index is 917. The molecular weight excluding hydrogens is 322 g/mol. The minimum atomic E-state index is -0.705. The Morgan fingerprint density at radius 3 is 2.65 bits per heavy atom. The van der Waals surface area contributed by atoms with E-state index in [2.05, 4.69) is 10.3 Å². The normalized spacial score (nSPS) is 10.7. The van der Waals surface area contributed by atoms with Crippen molar-refractivity contribution in [3.05, 3.63) is 80.0 Å². The van der Waals surface area contributed by atoms with Crippen molar-refractivity contribution in [2.24, 2.45) is 0 Å². The number of nitrogens with zero attached hydrogens (tertiary/aromatic N) is 5. The summed E-state index contributed by atoms with van der Waals surface area (Å²) in [5, 5.41) is 19.4. The van der Waals surface area contributed by atoms with Gasteiger partial charge in [-0.3, -0.25) is 14.9 Å². The first-order valence-corrected chi connectivity index (χ1v) is 6.93. The first kappa shape index (κ1) is 14.9. The van der Waals surface area contributed by atoms with E-state index in [4.69, 9.17) is 11.6 Å². The number of halogens is 1. The Kier molecular flexibility index (Phi) is 3.90. The molecule has 0 saturated heterocycles. The van der Waals surface area contributed by atoms with Crippen molar-refractivity contribution in [3.63, 3.8) is 0 Å². The lowest BCUT2D eigenvalue weighted by molar-refractivity contribution is -0.386. The molecular formula is C14H10ClN5O3. The van der Waals surface area contributed by atoms with Crippen LogP contribution in [0.1, 0.15) is 5.69 Å². The predicted octanol–water partition coefficient (Wildman–Crippen LogP) is 2.04. The van der Waals surface area contributed by atoms with Crippen LogP contribution in [0.3, 0.4) is 0 Å². The Balaban J connectivity index is 1.88. The standard InChI is InChI=1S/C14H10ClN5O3/c15-10-3-5-12(6-4-10)19-9-11(16-17-19)8-18-7-1-2-13(14(18)21)20(22)23/h1-7,9H,8H2. The van der Waals surface area contributed by atoms with Crippen LogP contribution in [0.4, 0.5) is 5.69 Å². The molecule has 0 aliphatic carbocycles. The highest BCUT2D eigenvalue weighted by atomic mass is 35.5. The molecule has 0 atom stereocenters. The number of aromatic nitrogens is 4.